The molecule has 3 heterocycles. The highest BCUT2D eigenvalue weighted by molar-refractivity contribution is 6.20. The zero-order valence-electron chi connectivity index (χ0n) is 19.3. The molecule has 0 aliphatic carbocycles. The van der Waals surface area contributed by atoms with Gasteiger partial charge in [0.15, 0.2) is 0 Å². The maximum atomic E-state index is 13.8. The maximum Gasteiger partial charge on any atom is 0.257 e. The predicted octanol–water partition coefficient (Wildman–Crippen LogP) is 4.32. The Bertz CT molecular complexity index is 1260. The number of aryl methyl sites for hydroxylation is 2. The first kappa shape index (κ1) is 21.9. The minimum absolute atomic E-state index is 0.0600. The maximum absolute atomic E-state index is 13.8. The molecule has 1 aromatic carbocycles. The number of amides is 2. The number of halogens is 1. The SMILES string of the molecule is Cc1cc2c3c([nH]n2c1)C(C(=O)NC(C)C)=CN(C(=O)c1ccc(F)c(C)c1)CC3(C)C. The first-order valence-corrected chi connectivity index (χ1v) is 10.8. The van der Waals surface area contributed by atoms with Gasteiger partial charge in [0.05, 0.1) is 16.8 Å². The monoisotopic (exact) mass is 436 g/mol. The van der Waals surface area contributed by atoms with Crippen LogP contribution in [0.1, 0.15) is 60.4 Å². The molecule has 0 unspecified atom stereocenters. The van der Waals surface area contributed by atoms with Gasteiger partial charge in [0.1, 0.15) is 5.82 Å². The number of carbonyl (C=O) groups excluding carboxylic acids is 2. The summed E-state index contributed by atoms with van der Waals surface area (Å²) in [5.41, 5.74) is 4.50. The van der Waals surface area contributed by atoms with Gasteiger partial charge in [-0.1, -0.05) is 13.8 Å². The number of hydrogen-bond acceptors (Lipinski definition) is 2. The van der Waals surface area contributed by atoms with Crippen molar-refractivity contribution in [1.29, 1.82) is 0 Å². The zero-order valence-corrected chi connectivity index (χ0v) is 19.3. The van der Waals surface area contributed by atoms with Crippen LogP contribution in [-0.2, 0) is 10.2 Å². The molecule has 0 spiro atoms. The molecular weight excluding hydrogens is 407 g/mol. The van der Waals surface area contributed by atoms with Gasteiger partial charge < -0.3 is 10.2 Å². The lowest BCUT2D eigenvalue weighted by Crippen LogP contribution is -2.37. The first-order chi connectivity index (χ1) is 15.0. The number of hydrogen-bond donors (Lipinski definition) is 2. The average molecular weight is 437 g/mol. The Labute approximate surface area is 187 Å². The highest BCUT2D eigenvalue weighted by Crippen LogP contribution is 2.38. The van der Waals surface area contributed by atoms with Crippen molar-refractivity contribution in [3.8, 4) is 0 Å². The number of aromatic nitrogens is 2. The van der Waals surface area contributed by atoms with Crippen LogP contribution in [0.5, 0.6) is 0 Å². The molecule has 3 aromatic rings. The van der Waals surface area contributed by atoms with Gasteiger partial charge >= 0.3 is 0 Å². The number of benzene rings is 1. The van der Waals surface area contributed by atoms with Gasteiger partial charge in [-0.2, -0.15) is 0 Å². The second kappa shape index (κ2) is 7.65. The molecule has 1 aliphatic rings. The number of nitrogens with zero attached hydrogens (tertiary/aromatic N) is 2. The second-order valence-corrected chi connectivity index (χ2v) is 9.59. The Morgan fingerprint density at radius 2 is 1.91 bits per heavy atom. The van der Waals surface area contributed by atoms with Crippen molar-refractivity contribution >= 4 is 22.9 Å². The fraction of sp³-hybridized carbons (Fsp3) is 0.360. The molecule has 0 saturated carbocycles. The van der Waals surface area contributed by atoms with Crippen LogP contribution in [0.4, 0.5) is 4.39 Å². The van der Waals surface area contributed by atoms with Crippen LogP contribution in [0.15, 0.2) is 36.7 Å². The van der Waals surface area contributed by atoms with E-state index in [1.165, 1.54) is 12.1 Å². The lowest BCUT2D eigenvalue weighted by atomic mass is 9.82. The Morgan fingerprint density at radius 1 is 1.19 bits per heavy atom. The van der Waals surface area contributed by atoms with Crippen molar-refractivity contribution in [3.63, 3.8) is 0 Å². The Hall–Kier alpha value is -3.35. The standard InChI is InChI=1S/C25H29FN4O2/c1-14(2)27-23(31)18-12-29(24(32)17-7-8-19(26)16(4)10-17)13-25(5,6)21-20-9-15(3)11-30(20)28-22(18)21/h7-12,14,28H,13H2,1-6H3,(H,27,31). The lowest BCUT2D eigenvalue weighted by Gasteiger charge is -2.29. The van der Waals surface area contributed by atoms with Gasteiger partial charge in [-0.25, -0.2) is 4.39 Å². The zero-order chi connectivity index (χ0) is 23.4. The van der Waals surface area contributed by atoms with Gasteiger partial charge in [-0.3, -0.25) is 19.2 Å². The third-order valence-corrected chi connectivity index (χ3v) is 5.82. The molecule has 2 amide bonds. The number of H-pyrrole nitrogens is 1. The number of fused-ring (bicyclic) bond motifs is 3. The topological polar surface area (TPSA) is 69.6 Å². The molecule has 0 fully saturated rings. The molecule has 7 heteroatoms. The van der Waals surface area contributed by atoms with Crippen LogP contribution in [0, 0.1) is 19.7 Å². The smallest absolute Gasteiger partial charge is 0.257 e. The van der Waals surface area contributed by atoms with Crippen molar-refractivity contribution < 1.29 is 14.0 Å². The first-order valence-electron chi connectivity index (χ1n) is 10.8. The Balaban J connectivity index is 1.88. The summed E-state index contributed by atoms with van der Waals surface area (Å²) >= 11 is 0. The summed E-state index contributed by atoms with van der Waals surface area (Å²) in [4.78, 5) is 28.2. The molecule has 2 aromatic heterocycles. The molecule has 6 nitrogen and oxygen atoms in total. The van der Waals surface area contributed by atoms with Crippen LogP contribution in [0.25, 0.3) is 11.1 Å². The molecule has 168 valence electrons. The highest BCUT2D eigenvalue weighted by Gasteiger charge is 2.37. The minimum atomic E-state index is -0.456. The van der Waals surface area contributed by atoms with Gasteiger partial charge in [0, 0.05) is 41.5 Å². The highest BCUT2D eigenvalue weighted by atomic mass is 19.1. The molecular formula is C25H29FN4O2. The van der Waals surface area contributed by atoms with E-state index >= 15 is 0 Å². The summed E-state index contributed by atoms with van der Waals surface area (Å²) in [5, 5.41) is 6.30. The van der Waals surface area contributed by atoms with Crippen molar-refractivity contribution in [2.45, 2.75) is 53.0 Å². The van der Waals surface area contributed by atoms with Crippen molar-refractivity contribution in [3.05, 3.63) is 70.4 Å². The number of aromatic amines is 1. The van der Waals surface area contributed by atoms with E-state index in [0.717, 1.165) is 16.6 Å². The molecule has 2 N–H and O–H groups in total. The fourth-order valence-corrected chi connectivity index (χ4v) is 4.42. The normalized spacial score (nSPS) is 15.5. The molecule has 0 saturated heterocycles. The Morgan fingerprint density at radius 3 is 2.56 bits per heavy atom. The average Bonchev–Trinajstić information content (AvgIpc) is 3.17. The van der Waals surface area contributed by atoms with Crippen molar-refractivity contribution in [2.75, 3.05) is 6.54 Å². The van der Waals surface area contributed by atoms with Gasteiger partial charge in [-0.05, 0) is 63.1 Å². The van der Waals surface area contributed by atoms with E-state index in [9.17, 15) is 14.0 Å². The minimum Gasteiger partial charge on any atom is -0.350 e. The predicted molar refractivity (Wildman–Crippen MR) is 123 cm³/mol. The fourth-order valence-electron chi connectivity index (χ4n) is 4.42. The van der Waals surface area contributed by atoms with Crippen molar-refractivity contribution in [2.24, 2.45) is 0 Å². The number of carbonyl (C=O) groups is 2. The van der Waals surface area contributed by atoms with Crippen molar-refractivity contribution in [1.82, 2.24) is 19.8 Å². The van der Waals surface area contributed by atoms with Crippen LogP contribution in [0.3, 0.4) is 0 Å². The van der Waals surface area contributed by atoms with E-state index in [4.69, 9.17) is 0 Å². The third kappa shape index (κ3) is 3.72. The Kier molecular flexibility index (Phi) is 5.23. The molecule has 32 heavy (non-hydrogen) atoms. The quantitative estimate of drug-likeness (QED) is 0.642. The van der Waals surface area contributed by atoms with Gasteiger partial charge in [0.2, 0.25) is 0 Å². The summed E-state index contributed by atoms with van der Waals surface area (Å²) in [6, 6.07) is 6.35. The summed E-state index contributed by atoms with van der Waals surface area (Å²) in [7, 11) is 0. The summed E-state index contributed by atoms with van der Waals surface area (Å²) in [6.45, 7) is 11.9. The second-order valence-electron chi connectivity index (χ2n) is 9.59. The van der Waals surface area contributed by atoms with E-state index < -0.39 is 5.41 Å². The van der Waals surface area contributed by atoms with E-state index in [1.807, 2.05) is 31.5 Å². The largest absolute Gasteiger partial charge is 0.350 e. The summed E-state index contributed by atoms with van der Waals surface area (Å²) in [6.07, 6.45) is 3.61. The third-order valence-electron chi connectivity index (χ3n) is 5.82. The molecule has 4 rings (SSSR count). The van der Waals surface area contributed by atoms with E-state index in [-0.39, 0.29) is 23.7 Å². The molecule has 1 aliphatic heterocycles. The lowest BCUT2D eigenvalue weighted by molar-refractivity contribution is -0.116. The summed E-state index contributed by atoms with van der Waals surface area (Å²) < 4.78 is 15.7. The molecule has 0 radical (unpaired) electrons. The van der Waals surface area contributed by atoms with E-state index in [0.29, 0.717) is 28.9 Å². The number of rotatable bonds is 3. The van der Waals surface area contributed by atoms with E-state index in [2.05, 4.69) is 30.3 Å². The summed E-state index contributed by atoms with van der Waals surface area (Å²) in [5.74, 6) is -0.886. The van der Waals surface area contributed by atoms with Crippen LogP contribution in [0.2, 0.25) is 0 Å². The van der Waals surface area contributed by atoms with Gasteiger partial charge in [0.25, 0.3) is 11.8 Å². The molecule has 0 bridgehead atoms. The number of nitrogens with one attached hydrogen (secondary N) is 2. The van der Waals surface area contributed by atoms with E-state index in [1.54, 1.807) is 24.1 Å². The van der Waals surface area contributed by atoms with Crippen LogP contribution < -0.4 is 5.32 Å². The molecule has 0 atom stereocenters. The van der Waals surface area contributed by atoms with Gasteiger partial charge in [-0.15, -0.1) is 0 Å². The van der Waals surface area contributed by atoms with Crippen LogP contribution in [-0.4, -0.2) is 38.9 Å². The van der Waals surface area contributed by atoms with Crippen LogP contribution >= 0.6 is 0 Å².